The van der Waals surface area contributed by atoms with Crippen LogP contribution in [0.15, 0.2) is 12.2 Å². The molecule has 51 valence electrons. The van der Waals surface area contributed by atoms with Crippen LogP contribution in [0.4, 0.5) is 0 Å². The molecule has 0 saturated heterocycles. The summed E-state index contributed by atoms with van der Waals surface area (Å²) in [5.41, 5.74) is 0. The van der Waals surface area contributed by atoms with Crippen LogP contribution in [-0.4, -0.2) is 22.2 Å². The topological polar surface area (TPSA) is 74.6 Å². The van der Waals surface area contributed by atoms with Gasteiger partial charge in [-0.1, -0.05) is 0 Å². The number of aliphatic carboxylic acids is 2. The van der Waals surface area contributed by atoms with E-state index in [1.165, 1.54) is 0 Å². The fourth-order valence-electron chi connectivity index (χ4n) is 0.143. The van der Waals surface area contributed by atoms with Crippen LogP contribution in [0.1, 0.15) is 0 Å². The maximum Gasteiger partial charge on any atom is 0.328 e. The van der Waals surface area contributed by atoms with Gasteiger partial charge in [0.2, 0.25) is 0 Å². The summed E-state index contributed by atoms with van der Waals surface area (Å²) in [4.78, 5) is 19.1. The first kappa shape index (κ1) is 11.1. The van der Waals surface area contributed by atoms with Crippen molar-refractivity contribution in [3.63, 3.8) is 0 Å². The van der Waals surface area contributed by atoms with Crippen LogP contribution in [0.3, 0.4) is 0 Å². The van der Waals surface area contributed by atoms with Crippen molar-refractivity contribution in [3.8, 4) is 0 Å². The van der Waals surface area contributed by atoms with Gasteiger partial charge in [-0.3, -0.25) is 0 Å². The van der Waals surface area contributed by atoms with Gasteiger partial charge in [-0.05, 0) is 0 Å². The van der Waals surface area contributed by atoms with Crippen molar-refractivity contribution in [3.05, 3.63) is 12.2 Å². The number of carboxylic acid groups (broad SMARTS) is 2. The molecule has 0 atom stereocenters. The Morgan fingerprint density at radius 1 is 1.00 bits per heavy atom. The van der Waals surface area contributed by atoms with Crippen LogP contribution in [-0.2, 0) is 26.7 Å². The van der Waals surface area contributed by atoms with Gasteiger partial charge in [-0.15, -0.1) is 0 Å². The first-order valence-electron chi connectivity index (χ1n) is 1.77. The molecule has 0 heterocycles. The molecule has 0 aromatic carbocycles. The minimum atomic E-state index is -1.26. The van der Waals surface area contributed by atoms with Crippen LogP contribution < -0.4 is 0 Å². The number of carboxylic acids is 2. The van der Waals surface area contributed by atoms with Crippen LogP contribution in [0.2, 0.25) is 0 Å². The quantitative estimate of drug-likeness (QED) is 0.442. The van der Waals surface area contributed by atoms with E-state index in [9.17, 15) is 9.59 Å². The Morgan fingerprint density at radius 3 is 1.33 bits per heavy atom. The summed E-state index contributed by atoms with van der Waals surface area (Å²) in [5.74, 6) is -2.51. The molecule has 0 spiro atoms. The van der Waals surface area contributed by atoms with Crippen molar-refractivity contribution in [2.75, 3.05) is 0 Å². The fourth-order valence-corrected chi connectivity index (χ4v) is 0.143. The van der Waals surface area contributed by atoms with Gasteiger partial charge >= 0.3 is 11.9 Å². The van der Waals surface area contributed by atoms with E-state index in [1.54, 1.807) is 0 Å². The maximum absolute atomic E-state index is 9.55. The van der Waals surface area contributed by atoms with Crippen molar-refractivity contribution in [1.82, 2.24) is 0 Å². The van der Waals surface area contributed by atoms with E-state index in [1.807, 2.05) is 0 Å². The molecule has 9 heavy (non-hydrogen) atoms. The van der Waals surface area contributed by atoms with Gasteiger partial charge in [-0.2, -0.15) is 0 Å². The van der Waals surface area contributed by atoms with E-state index in [0.717, 1.165) is 0 Å². The van der Waals surface area contributed by atoms with E-state index >= 15 is 0 Å². The van der Waals surface area contributed by atoms with Gasteiger partial charge in [0.1, 0.15) is 0 Å². The van der Waals surface area contributed by atoms with Gasteiger partial charge in [0.05, 0.1) is 0 Å². The fraction of sp³-hybridized carbons (Fsp3) is 0. The summed E-state index contributed by atoms with van der Waals surface area (Å²) >= 11 is 0. The molecule has 0 fully saturated rings. The Balaban J connectivity index is 0. The summed E-state index contributed by atoms with van der Waals surface area (Å²) in [6.07, 6.45) is 1.12. The van der Waals surface area contributed by atoms with E-state index < -0.39 is 11.9 Å². The number of carbonyl (C=O) groups is 2. The van der Waals surface area contributed by atoms with Gasteiger partial charge in [0, 0.05) is 29.2 Å². The second-order valence-corrected chi connectivity index (χ2v) is 1.01. The molecule has 0 aliphatic rings. The summed E-state index contributed by atoms with van der Waals surface area (Å²) in [7, 11) is 0. The minimum Gasteiger partial charge on any atom is -0.478 e. The second kappa shape index (κ2) is 5.34. The molecule has 0 aromatic rings. The number of hydrogen-bond acceptors (Lipinski definition) is 2. The predicted molar refractivity (Wildman–Crippen MR) is 24.4 cm³/mol. The third-order valence-corrected chi connectivity index (χ3v) is 0.368. The van der Waals surface area contributed by atoms with E-state index in [-0.39, 0.29) is 17.1 Å². The summed E-state index contributed by atoms with van der Waals surface area (Å²) in [6, 6.07) is 0. The summed E-state index contributed by atoms with van der Waals surface area (Å²) in [6.45, 7) is 0. The van der Waals surface area contributed by atoms with Crippen molar-refractivity contribution >= 4 is 11.9 Å². The van der Waals surface area contributed by atoms with Crippen molar-refractivity contribution in [1.29, 1.82) is 0 Å². The van der Waals surface area contributed by atoms with Crippen LogP contribution >= 0.6 is 0 Å². The molecule has 5 heteroatoms. The largest absolute Gasteiger partial charge is 0.478 e. The molecular formula is C4H4MnO4. The second-order valence-electron chi connectivity index (χ2n) is 1.01. The molecule has 0 bridgehead atoms. The van der Waals surface area contributed by atoms with Gasteiger partial charge in [0.25, 0.3) is 0 Å². The zero-order valence-electron chi connectivity index (χ0n) is 4.24. The smallest absolute Gasteiger partial charge is 0.328 e. The Morgan fingerprint density at radius 2 is 1.22 bits per heavy atom. The van der Waals surface area contributed by atoms with E-state index in [4.69, 9.17) is 10.2 Å². The molecule has 0 aromatic heterocycles. The Hall–Kier alpha value is -0.801. The molecule has 4 nitrogen and oxygen atoms in total. The normalized spacial score (nSPS) is 8.44. The zero-order chi connectivity index (χ0) is 6.57. The first-order valence-corrected chi connectivity index (χ1v) is 1.77. The van der Waals surface area contributed by atoms with Crippen LogP contribution in [0.25, 0.3) is 0 Å². The molecule has 0 amide bonds. The van der Waals surface area contributed by atoms with E-state index in [2.05, 4.69) is 0 Å². The monoisotopic (exact) mass is 171 g/mol. The predicted octanol–water partition coefficient (Wildman–Crippen LogP) is -0.291. The van der Waals surface area contributed by atoms with Crippen LogP contribution in [0, 0.1) is 0 Å². The van der Waals surface area contributed by atoms with Gasteiger partial charge < -0.3 is 10.2 Å². The van der Waals surface area contributed by atoms with Crippen molar-refractivity contribution < 1.29 is 36.9 Å². The third kappa shape index (κ3) is 11.0. The van der Waals surface area contributed by atoms with Gasteiger partial charge in [0.15, 0.2) is 0 Å². The van der Waals surface area contributed by atoms with Crippen LogP contribution in [0.5, 0.6) is 0 Å². The molecule has 1 radical (unpaired) electrons. The average Bonchev–Trinajstić information content (AvgIpc) is 1.61. The minimum absolute atomic E-state index is 0. The number of rotatable bonds is 2. The van der Waals surface area contributed by atoms with Crippen molar-refractivity contribution in [2.24, 2.45) is 0 Å². The maximum atomic E-state index is 9.55. The number of hydrogen-bond donors (Lipinski definition) is 2. The summed E-state index contributed by atoms with van der Waals surface area (Å²) < 4.78 is 0. The Kier molecular flexibility index (Phi) is 6.56. The molecule has 0 aliphatic heterocycles. The SMILES string of the molecule is O=C(O)/C=C\C(=O)O.[Mn]. The first-order chi connectivity index (χ1) is 3.63. The molecule has 0 saturated carbocycles. The summed E-state index contributed by atoms with van der Waals surface area (Å²) in [5, 5.41) is 15.6. The standard InChI is InChI=1S/C4H4O4.Mn/c5-3(6)1-2-4(7)8;/h1-2H,(H,5,6)(H,7,8);/b2-1-;. The molecule has 0 unspecified atom stereocenters. The van der Waals surface area contributed by atoms with Crippen molar-refractivity contribution in [2.45, 2.75) is 0 Å². The van der Waals surface area contributed by atoms with E-state index in [0.29, 0.717) is 12.2 Å². The third-order valence-electron chi connectivity index (χ3n) is 0.368. The molecule has 0 rings (SSSR count). The molecule has 0 aliphatic carbocycles. The Bertz CT molecular complexity index is 124. The average molecular weight is 171 g/mol. The molecule has 2 N–H and O–H groups in total. The Labute approximate surface area is 61.7 Å². The molecular weight excluding hydrogens is 167 g/mol. The zero-order valence-corrected chi connectivity index (χ0v) is 5.42. The van der Waals surface area contributed by atoms with Gasteiger partial charge in [-0.25, -0.2) is 9.59 Å².